The third kappa shape index (κ3) is 5.97. The van der Waals surface area contributed by atoms with Crippen LogP contribution in [0.4, 0.5) is 0 Å². The van der Waals surface area contributed by atoms with E-state index in [4.69, 9.17) is 18.8 Å². The summed E-state index contributed by atoms with van der Waals surface area (Å²) in [6, 6.07) is 6.34. The summed E-state index contributed by atoms with van der Waals surface area (Å²) < 4.78 is 23.4. The Morgan fingerprint density at radius 1 is 0.926 bits per heavy atom. The zero-order valence-corrected chi connectivity index (χ0v) is 18.1. The van der Waals surface area contributed by atoms with Crippen LogP contribution < -0.4 is 10.2 Å². The second-order valence-electron chi connectivity index (χ2n) is 8.53. The molecule has 0 N–H and O–H groups in total. The molecule has 0 saturated carbocycles. The van der Waals surface area contributed by atoms with Crippen molar-refractivity contribution in [2.45, 2.75) is 90.8 Å². The van der Waals surface area contributed by atoms with Crippen LogP contribution in [0.15, 0.2) is 18.2 Å². The van der Waals surface area contributed by atoms with E-state index in [9.17, 15) is 0 Å². The molecule has 1 aliphatic heterocycles. The molecule has 152 valence electrons. The van der Waals surface area contributed by atoms with Crippen LogP contribution in [-0.2, 0) is 20.5 Å². The van der Waals surface area contributed by atoms with Crippen LogP contribution in [0.5, 0.6) is 5.75 Å². The van der Waals surface area contributed by atoms with Crippen molar-refractivity contribution in [3.8, 4) is 5.75 Å². The van der Waals surface area contributed by atoms with Crippen molar-refractivity contribution in [3.63, 3.8) is 0 Å². The Morgan fingerprint density at radius 2 is 1.56 bits per heavy atom. The fourth-order valence-corrected chi connectivity index (χ4v) is 3.27. The number of ether oxygens (including phenoxy) is 2. The predicted octanol–water partition coefficient (Wildman–Crippen LogP) is 4.87. The number of methoxy groups -OCH3 is 1. The van der Waals surface area contributed by atoms with Gasteiger partial charge in [-0.05, 0) is 52.2 Å². The molecule has 27 heavy (non-hydrogen) atoms. The average molecular weight is 376 g/mol. The van der Waals surface area contributed by atoms with Crippen LogP contribution in [0.1, 0.15) is 78.7 Å². The lowest BCUT2D eigenvalue weighted by Crippen LogP contribution is -2.41. The third-order valence-corrected chi connectivity index (χ3v) is 5.73. The summed E-state index contributed by atoms with van der Waals surface area (Å²) in [6.45, 7) is 10.8. The van der Waals surface area contributed by atoms with Gasteiger partial charge in [-0.2, -0.15) is 0 Å². The van der Waals surface area contributed by atoms with Crippen molar-refractivity contribution in [3.05, 3.63) is 23.8 Å². The highest BCUT2D eigenvalue weighted by Gasteiger charge is 2.52. The summed E-state index contributed by atoms with van der Waals surface area (Å²) in [5, 5.41) is 0. The minimum Gasteiger partial charge on any atom is -0.468 e. The third-order valence-electron chi connectivity index (χ3n) is 5.73. The molecule has 1 saturated heterocycles. The quantitative estimate of drug-likeness (QED) is 0.314. The summed E-state index contributed by atoms with van der Waals surface area (Å²) in [7, 11) is 1.20. The van der Waals surface area contributed by atoms with Crippen molar-refractivity contribution in [1.29, 1.82) is 0 Å². The average Bonchev–Trinajstić information content (AvgIpc) is 2.84. The van der Waals surface area contributed by atoms with E-state index in [0.29, 0.717) is 0 Å². The lowest BCUT2D eigenvalue weighted by molar-refractivity contribution is 0.00578. The number of benzene rings is 1. The number of unbranched alkanes of at least 4 members (excludes halogenated alkanes) is 5. The molecule has 1 heterocycles. The van der Waals surface area contributed by atoms with Crippen molar-refractivity contribution in [1.82, 2.24) is 0 Å². The standard InChI is InChI=1S/C22H37BO4/c1-7-8-9-10-11-12-13-18-14-15-20(25-17-24-6)19(16-18)23-26-21(2,3)22(4,5)27-23/h14-16H,7-13,17H2,1-6H3. The van der Waals surface area contributed by atoms with Gasteiger partial charge in [-0.1, -0.05) is 51.2 Å². The molecule has 1 aromatic carbocycles. The first-order valence-electron chi connectivity index (χ1n) is 10.4. The SMILES string of the molecule is CCCCCCCCc1ccc(OCOC)c(B2OC(C)(C)C(C)(C)O2)c1. The summed E-state index contributed by atoms with van der Waals surface area (Å²) in [5.41, 5.74) is 1.52. The van der Waals surface area contributed by atoms with Gasteiger partial charge in [0.15, 0.2) is 6.79 Å². The molecular formula is C22H37BO4. The van der Waals surface area contributed by atoms with E-state index >= 15 is 0 Å². The fourth-order valence-electron chi connectivity index (χ4n) is 3.27. The first kappa shape index (κ1) is 22.3. The Kier molecular flexibility index (Phi) is 8.20. The van der Waals surface area contributed by atoms with Crippen LogP contribution in [0.25, 0.3) is 0 Å². The van der Waals surface area contributed by atoms with Gasteiger partial charge in [0.1, 0.15) is 5.75 Å². The van der Waals surface area contributed by atoms with E-state index in [0.717, 1.165) is 17.6 Å². The van der Waals surface area contributed by atoms with Crippen LogP contribution >= 0.6 is 0 Å². The van der Waals surface area contributed by atoms with Crippen LogP contribution in [0.3, 0.4) is 0 Å². The van der Waals surface area contributed by atoms with Gasteiger partial charge in [0.25, 0.3) is 0 Å². The molecule has 1 aliphatic rings. The monoisotopic (exact) mass is 376 g/mol. The molecule has 1 fully saturated rings. The number of hydrogen-bond acceptors (Lipinski definition) is 4. The maximum atomic E-state index is 6.25. The molecule has 0 bridgehead atoms. The molecule has 4 nitrogen and oxygen atoms in total. The molecule has 0 spiro atoms. The lowest BCUT2D eigenvalue weighted by Gasteiger charge is -2.32. The Labute approximate surface area is 166 Å². The fraction of sp³-hybridized carbons (Fsp3) is 0.727. The Morgan fingerprint density at radius 3 is 2.19 bits per heavy atom. The van der Waals surface area contributed by atoms with E-state index in [1.165, 1.54) is 44.1 Å². The topological polar surface area (TPSA) is 36.9 Å². The largest absolute Gasteiger partial charge is 0.498 e. The van der Waals surface area contributed by atoms with E-state index in [1.54, 1.807) is 7.11 Å². The van der Waals surface area contributed by atoms with Gasteiger partial charge in [0, 0.05) is 12.6 Å². The summed E-state index contributed by atoms with van der Waals surface area (Å²) in [5.74, 6) is 0.766. The second-order valence-corrected chi connectivity index (χ2v) is 8.53. The maximum Gasteiger partial charge on any atom is 0.498 e. The van der Waals surface area contributed by atoms with Crippen LogP contribution in [0.2, 0.25) is 0 Å². The van der Waals surface area contributed by atoms with Crippen molar-refractivity contribution >= 4 is 12.6 Å². The van der Waals surface area contributed by atoms with E-state index in [-0.39, 0.29) is 18.0 Å². The smallest absolute Gasteiger partial charge is 0.468 e. The minimum atomic E-state index is -0.425. The van der Waals surface area contributed by atoms with Crippen molar-refractivity contribution in [2.75, 3.05) is 13.9 Å². The number of rotatable bonds is 11. The molecular weight excluding hydrogens is 339 g/mol. The molecule has 0 radical (unpaired) electrons. The van der Waals surface area contributed by atoms with Gasteiger partial charge < -0.3 is 18.8 Å². The van der Waals surface area contributed by atoms with Gasteiger partial charge in [0.05, 0.1) is 11.2 Å². The summed E-state index contributed by atoms with van der Waals surface area (Å²) >= 11 is 0. The maximum absolute atomic E-state index is 6.25. The highest BCUT2D eigenvalue weighted by molar-refractivity contribution is 6.63. The Bertz CT molecular complexity index is 570. The Balaban J connectivity index is 2.08. The number of aryl methyl sites for hydroxylation is 1. The number of hydrogen-bond donors (Lipinski definition) is 0. The molecule has 2 rings (SSSR count). The molecule has 0 aromatic heterocycles. The predicted molar refractivity (Wildman–Crippen MR) is 112 cm³/mol. The molecule has 1 aromatic rings. The van der Waals surface area contributed by atoms with Crippen LogP contribution in [-0.4, -0.2) is 32.2 Å². The van der Waals surface area contributed by atoms with E-state index in [1.807, 2.05) is 6.07 Å². The van der Waals surface area contributed by atoms with Gasteiger partial charge in [-0.25, -0.2) is 0 Å². The Hall–Kier alpha value is -1.04. The van der Waals surface area contributed by atoms with Gasteiger partial charge >= 0.3 is 7.12 Å². The molecule has 0 aliphatic carbocycles. The minimum absolute atomic E-state index is 0.212. The normalized spacial score (nSPS) is 18.1. The van der Waals surface area contributed by atoms with Gasteiger partial charge in [-0.15, -0.1) is 0 Å². The molecule has 0 unspecified atom stereocenters. The highest BCUT2D eigenvalue weighted by Crippen LogP contribution is 2.37. The van der Waals surface area contributed by atoms with E-state index in [2.05, 4.69) is 46.8 Å². The summed E-state index contributed by atoms with van der Waals surface area (Å²) in [4.78, 5) is 0. The van der Waals surface area contributed by atoms with E-state index < -0.39 is 7.12 Å². The molecule has 5 heteroatoms. The summed E-state index contributed by atoms with van der Waals surface area (Å²) in [6.07, 6.45) is 8.88. The zero-order valence-electron chi connectivity index (χ0n) is 18.1. The van der Waals surface area contributed by atoms with Gasteiger partial charge in [-0.3, -0.25) is 0 Å². The molecule has 0 amide bonds. The first-order valence-corrected chi connectivity index (χ1v) is 10.4. The molecule has 0 atom stereocenters. The van der Waals surface area contributed by atoms with Crippen LogP contribution in [0, 0.1) is 0 Å². The first-order chi connectivity index (χ1) is 12.8. The zero-order chi connectivity index (χ0) is 19.9. The van der Waals surface area contributed by atoms with Crippen molar-refractivity contribution in [2.24, 2.45) is 0 Å². The van der Waals surface area contributed by atoms with Crippen molar-refractivity contribution < 1.29 is 18.8 Å². The lowest BCUT2D eigenvalue weighted by atomic mass is 9.77. The second kappa shape index (κ2) is 9.95. The highest BCUT2D eigenvalue weighted by atomic mass is 16.7. The van der Waals surface area contributed by atoms with Gasteiger partial charge in [0.2, 0.25) is 0 Å².